The molecule has 3 aromatic rings. The zero-order chi connectivity index (χ0) is 29.3. The monoisotopic (exact) mass is 559 g/mol. The molecule has 1 atom stereocenters. The zero-order valence-electron chi connectivity index (χ0n) is 23.5. The first kappa shape index (κ1) is 31.4. The van der Waals surface area contributed by atoms with E-state index in [2.05, 4.69) is 41.1 Å². The van der Waals surface area contributed by atoms with Crippen LogP contribution >= 0.6 is 0 Å². The van der Waals surface area contributed by atoms with Crippen molar-refractivity contribution in [1.29, 1.82) is 0 Å². The number of hydroxylamine groups is 1. The van der Waals surface area contributed by atoms with Gasteiger partial charge in [0.25, 0.3) is 5.91 Å². The molecular formula is C33H41N3O5. The van der Waals surface area contributed by atoms with E-state index in [4.69, 9.17) is 10.6 Å². The molecule has 8 heteroatoms. The number of aryl methyl sites for hydroxylation is 2. The van der Waals surface area contributed by atoms with Crippen molar-refractivity contribution in [3.05, 3.63) is 101 Å². The molecule has 3 aromatic carbocycles. The third kappa shape index (κ3) is 12.7. The third-order valence-electron chi connectivity index (χ3n) is 6.74. The predicted octanol–water partition coefficient (Wildman–Crippen LogP) is 4.32. The summed E-state index contributed by atoms with van der Waals surface area (Å²) in [6, 6.07) is 24.3. The topological polar surface area (TPSA) is 131 Å². The molecule has 0 fully saturated rings. The Hall–Kier alpha value is -4.17. The van der Waals surface area contributed by atoms with Gasteiger partial charge in [-0.15, -0.1) is 0 Å². The first-order chi connectivity index (χ1) is 19.9. The average molecular weight is 560 g/mol. The number of hydrogen-bond donors (Lipinski definition) is 4. The Balaban J connectivity index is 1.22. The van der Waals surface area contributed by atoms with Crippen molar-refractivity contribution in [3.63, 3.8) is 0 Å². The fourth-order valence-electron chi connectivity index (χ4n) is 4.48. The first-order valence-corrected chi connectivity index (χ1v) is 14.3. The van der Waals surface area contributed by atoms with Gasteiger partial charge in [0, 0.05) is 13.0 Å². The molecule has 0 saturated heterocycles. The van der Waals surface area contributed by atoms with E-state index in [9.17, 15) is 19.5 Å². The summed E-state index contributed by atoms with van der Waals surface area (Å²) in [7, 11) is 0. The molecule has 0 aromatic heterocycles. The van der Waals surface area contributed by atoms with Gasteiger partial charge in [0.2, 0.25) is 5.91 Å². The van der Waals surface area contributed by atoms with Crippen LogP contribution in [0, 0.1) is 0 Å². The number of nitrogens with two attached hydrogens (primary N) is 1. The van der Waals surface area contributed by atoms with E-state index < -0.39 is 12.0 Å². The molecule has 2 amide bonds. The van der Waals surface area contributed by atoms with Crippen molar-refractivity contribution in [2.45, 2.75) is 70.3 Å². The quantitative estimate of drug-likeness (QED) is 0.153. The number of carbonyl (C=O) groups excluding carboxylic acids is 3. The number of unbranched alkanes of at least 4 members (excludes halogenated alkanes) is 3. The number of phenolic OH excluding ortho intramolecular Hbond substituents is 1. The lowest BCUT2D eigenvalue weighted by Crippen LogP contribution is -2.42. The Bertz CT molecular complexity index is 1230. The van der Waals surface area contributed by atoms with Crippen LogP contribution in [0.15, 0.2) is 78.9 Å². The van der Waals surface area contributed by atoms with Crippen LogP contribution in [-0.2, 0) is 44.9 Å². The number of hydrogen-bond acceptors (Lipinski definition) is 6. The lowest BCUT2D eigenvalue weighted by Gasteiger charge is -2.12. The van der Waals surface area contributed by atoms with Crippen LogP contribution in [0.5, 0.6) is 5.75 Å². The largest absolute Gasteiger partial charge is 0.508 e. The highest BCUT2D eigenvalue weighted by atomic mass is 16.7. The lowest BCUT2D eigenvalue weighted by atomic mass is 10.0. The van der Waals surface area contributed by atoms with Crippen molar-refractivity contribution in [3.8, 4) is 5.75 Å². The molecule has 41 heavy (non-hydrogen) atoms. The fraction of sp³-hybridized carbons (Fsp3) is 0.364. The van der Waals surface area contributed by atoms with E-state index >= 15 is 0 Å². The molecule has 8 nitrogen and oxygen atoms in total. The zero-order valence-corrected chi connectivity index (χ0v) is 23.5. The number of rotatable bonds is 16. The molecule has 5 N–H and O–H groups in total. The minimum absolute atomic E-state index is 0.139. The van der Waals surface area contributed by atoms with Gasteiger partial charge in [-0.25, -0.2) is 4.79 Å². The molecule has 3 rings (SSSR count). The van der Waals surface area contributed by atoms with Gasteiger partial charge in [-0.3, -0.25) is 9.59 Å². The molecular weight excluding hydrogens is 518 g/mol. The molecule has 0 bridgehead atoms. The van der Waals surface area contributed by atoms with Crippen LogP contribution in [-0.4, -0.2) is 35.5 Å². The van der Waals surface area contributed by atoms with Crippen molar-refractivity contribution in [1.82, 2.24) is 10.8 Å². The molecule has 0 spiro atoms. The Morgan fingerprint density at radius 3 is 2.20 bits per heavy atom. The van der Waals surface area contributed by atoms with Crippen LogP contribution in [0.2, 0.25) is 0 Å². The predicted molar refractivity (Wildman–Crippen MR) is 159 cm³/mol. The van der Waals surface area contributed by atoms with Crippen LogP contribution < -0.4 is 16.5 Å². The highest BCUT2D eigenvalue weighted by molar-refractivity contribution is 5.81. The Morgan fingerprint density at radius 1 is 0.756 bits per heavy atom. The second kappa shape index (κ2) is 17.5. The van der Waals surface area contributed by atoms with Crippen LogP contribution in [0.25, 0.3) is 0 Å². The lowest BCUT2D eigenvalue weighted by molar-refractivity contribution is -0.158. The maximum atomic E-state index is 12.3. The Kier molecular flexibility index (Phi) is 13.4. The van der Waals surface area contributed by atoms with Gasteiger partial charge in [0.1, 0.15) is 5.75 Å². The van der Waals surface area contributed by atoms with Crippen LogP contribution in [0.4, 0.5) is 0 Å². The SMILES string of the molecule is N[C@@H](Cc1ccc(O)cc1)C(=O)NCCCCCC(=O)ONC(=O)Cc1cccc(CCCCc2ccccc2)c1. The minimum Gasteiger partial charge on any atom is -0.508 e. The molecule has 0 aliphatic heterocycles. The van der Waals surface area contributed by atoms with E-state index in [1.165, 1.54) is 11.1 Å². The maximum Gasteiger partial charge on any atom is 0.332 e. The van der Waals surface area contributed by atoms with Crippen LogP contribution in [0.3, 0.4) is 0 Å². The third-order valence-corrected chi connectivity index (χ3v) is 6.74. The van der Waals surface area contributed by atoms with Gasteiger partial charge in [0.15, 0.2) is 0 Å². The smallest absolute Gasteiger partial charge is 0.332 e. The van der Waals surface area contributed by atoms with Crippen LogP contribution in [0.1, 0.15) is 60.8 Å². The summed E-state index contributed by atoms with van der Waals surface area (Å²) in [5, 5.41) is 12.1. The summed E-state index contributed by atoms with van der Waals surface area (Å²) in [5.41, 5.74) is 12.5. The summed E-state index contributed by atoms with van der Waals surface area (Å²) in [6.07, 6.45) is 6.87. The second-order valence-corrected chi connectivity index (χ2v) is 10.3. The molecule has 0 aliphatic rings. The number of nitrogens with one attached hydrogen (secondary N) is 2. The van der Waals surface area contributed by atoms with Crippen molar-refractivity contribution < 1.29 is 24.3 Å². The van der Waals surface area contributed by atoms with E-state index in [-0.39, 0.29) is 30.4 Å². The molecule has 218 valence electrons. The number of carbonyl (C=O) groups is 3. The highest BCUT2D eigenvalue weighted by Gasteiger charge is 2.14. The van der Waals surface area contributed by atoms with E-state index in [1.54, 1.807) is 24.3 Å². The van der Waals surface area contributed by atoms with Gasteiger partial charge in [-0.05, 0) is 79.3 Å². The molecule has 0 unspecified atom stereocenters. The van der Waals surface area contributed by atoms with Gasteiger partial charge >= 0.3 is 5.97 Å². The van der Waals surface area contributed by atoms with Gasteiger partial charge in [-0.1, -0.05) is 73.2 Å². The summed E-state index contributed by atoms with van der Waals surface area (Å²) < 4.78 is 0. The summed E-state index contributed by atoms with van der Waals surface area (Å²) in [5.74, 6) is -0.940. The molecule has 0 saturated carbocycles. The summed E-state index contributed by atoms with van der Waals surface area (Å²) >= 11 is 0. The van der Waals surface area contributed by atoms with E-state index in [0.29, 0.717) is 32.2 Å². The van der Waals surface area contributed by atoms with Gasteiger partial charge in [0.05, 0.1) is 12.5 Å². The van der Waals surface area contributed by atoms with E-state index in [0.717, 1.165) is 36.8 Å². The Morgan fingerprint density at radius 2 is 1.44 bits per heavy atom. The standard InChI is InChI=1S/C33H41N3O5/c34-30(23-27-17-19-29(37)20-18-27)33(40)35-21-8-2-5-16-32(39)41-36-31(38)24-28-15-9-14-26(22-28)13-7-6-12-25-10-3-1-4-11-25/h1,3-4,9-11,14-15,17-20,22,30,37H,2,5-8,12-13,16,21,23-24,34H2,(H,35,40)(H,36,38)/t30-/m0/s1. The minimum atomic E-state index is -0.675. The summed E-state index contributed by atoms with van der Waals surface area (Å²) in [6.45, 7) is 0.458. The maximum absolute atomic E-state index is 12.3. The highest BCUT2D eigenvalue weighted by Crippen LogP contribution is 2.13. The van der Waals surface area contributed by atoms with E-state index in [1.807, 2.05) is 24.3 Å². The second-order valence-electron chi connectivity index (χ2n) is 10.3. The number of benzene rings is 3. The number of phenols is 1. The Labute approximate surface area is 242 Å². The van der Waals surface area contributed by atoms with Gasteiger partial charge in [-0.2, -0.15) is 5.48 Å². The normalized spacial score (nSPS) is 11.4. The summed E-state index contributed by atoms with van der Waals surface area (Å²) in [4.78, 5) is 41.3. The van der Waals surface area contributed by atoms with Crippen molar-refractivity contribution in [2.24, 2.45) is 5.73 Å². The average Bonchev–Trinajstić information content (AvgIpc) is 2.98. The first-order valence-electron chi connectivity index (χ1n) is 14.3. The number of aromatic hydroxyl groups is 1. The molecule has 0 radical (unpaired) electrons. The van der Waals surface area contributed by atoms with Crippen molar-refractivity contribution in [2.75, 3.05) is 6.54 Å². The number of amides is 2. The molecule has 0 heterocycles. The molecule has 0 aliphatic carbocycles. The van der Waals surface area contributed by atoms with Crippen molar-refractivity contribution >= 4 is 17.8 Å². The van der Waals surface area contributed by atoms with Gasteiger partial charge < -0.3 is 21.0 Å². The fourth-order valence-corrected chi connectivity index (χ4v) is 4.48.